The number of nitrogens with one attached hydrogen (secondary N) is 1. The normalized spacial score (nSPS) is 35.0. The van der Waals surface area contributed by atoms with Crippen molar-refractivity contribution in [2.45, 2.75) is 88.5 Å². The van der Waals surface area contributed by atoms with Gasteiger partial charge in [0.15, 0.2) is 5.78 Å². The van der Waals surface area contributed by atoms with Gasteiger partial charge in [-0.15, -0.1) is 0 Å². The molecular weight excluding hydrogens is 539 g/mol. The van der Waals surface area contributed by atoms with E-state index < -0.39 is 41.4 Å². The fourth-order valence-electron chi connectivity index (χ4n) is 8.89. The van der Waals surface area contributed by atoms with Crippen LogP contribution in [0.15, 0.2) is 47.1 Å². The van der Waals surface area contributed by atoms with E-state index in [0.29, 0.717) is 25.7 Å². The smallest absolute Gasteiger partial charge is 0.383 e. The number of allylic oxidation sites excluding steroid dienone is 4. The molecule has 0 radical (unpaired) electrons. The highest BCUT2D eigenvalue weighted by Gasteiger charge is 2.79. The second-order valence-electron chi connectivity index (χ2n) is 13.1. The van der Waals surface area contributed by atoms with Gasteiger partial charge in [-0.25, -0.2) is 0 Å². The van der Waals surface area contributed by atoms with Crippen molar-refractivity contribution < 1.29 is 31.9 Å². The van der Waals surface area contributed by atoms with Gasteiger partial charge >= 0.3 is 12.1 Å². The molecule has 1 aromatic rings. The zero-order chi connectivity index (χ0) is 29.2. The predicted molar refractivity (Wildman–Crippen MR) is 145 cm³/mol. The molecule has 2 N–H and O–H groups in total. The first kappa shape index (κ1) is 29.0. The van der Waals surface area contributed by atoms with Gasteiger partial charge < -0.3 is 10.4 Å². The van der Waals surface area contributed by atoms with Crippen LogP contribution in [0.1, 0.15) is 75.3 Å². The second kappa shape index (κ2) is 10.3. The number of benzene rings is 1. The molecule has 5 aliphatic rings. The maximum atomic E-state index is 15.2. The van der Waals surface area contributed by atoms with Gasteiger partial charge in [-0.05, 0) is 98.2 Å². The molecule has 3 fully saturated rings. The first-order valence-corrected chi connectivity index (χ1v) is 15.0. The molecular formula is C32H39F5N2O2. The molecule has 41 heavy (non-hydrogen) atoms. The summed E-state index contributed by atoms with van der Waals surface area (Å²) in [5, 5.41) is 14.8. The molecule has 4 aliphatic carbocycles. The quantitative estimate of drug-likeness (QED) is 0.412. The minimum absolute atomic E-state index is 0.00748. The Kier molecular flexibility index (Phi) is 7.26. The lowest BCUT2D eigenvalue weighted by Crippen LogP contribution is -2.65. The Bertz CT molecular complexity index is 1250. The minimum Gasteiger partial charge on any atom is -0.383 e. The topological polar surface area (TPSA) is 52.6 Å². The number of halogens is 5. The second-order valence-corrected chi connectivity index (χ2v) is 13.1. The minimum atomic E-state index is -5.84. The van der Waals surface area contributed by atoms with E-state index in [-0.39, 0.29) is 24.5 Å². The Morgan fingerprint density at radius 1 is 1.02 bits per heavy atom. The van der Waals surface area contributed by atoms with Crippen LogP contribution in [-0.4, -0.2) is 59.7 Å². The number of fused-ring (bicyclic) bond motifs is 4. The van der Waals surface area contributed by atoms with Crippen molar-refractivity contribution in [2.24, 2.45) is 17.3 Å². The first-order valence-electron chi connectivity index (χ1n) is 15.0. The first-order chi connectivity index (χ1) is 19.4. The van der Waals surface area contributed by atoms with Crippen molar-refractivity contribution in [3.63, 3.8) is 0 Å². The monoisotopic (exact) mass is 578 g/mol. The Balaban J connectivity index is 1.41. The molecule has 0 amide bonds. The zero-order valence-corrected chi connectivity index (χ0v) is 23.5. The van der Waals surface area contributed by atoms with Gasteiger partial charge in [0.1, 0.15) is 5.60 Å². The van der Waals surface area contributed by atoms with Crippen LogP contribution >= 0.6 is 0 Å². The molecule has 1 saturated heterocycles. The molecule has 1 aliphatic heterocycles. The van der Waals surface area contributed by atoms with Gasteiger partial charge in [-0.2, -0.15) is 22.0 Å². The van der Waals surface area contributed by atoms with Crippen molar-refractivity contribution in [1.82, 2.24) is 10.2 Å². The number of carbonyl (C=O) groups is 1. The predicted octanol–water partition coefficient (Wildman–Crippen LogP) is 6.31. The highest BCUT2D eigenvalue weighted by molar-refractivity contribution is 5.93. The van der Waals surface area contributed by atoms with Crippen LogP contribution in [0.25, 0.3) is 0 Å². The van der Waals surface area contributed by atoms with Crippen molar-refractivity contribution >= 4 is 5.78 Å². The summed E-state index contributed by atoms with van der Waals surface area (Å²) in [5.41, 5.74) is 0.363. The number of aliphatic hydroxyl groups is 1. The van der Waals surface area contributed by atoms with Crippen LogP contribution in [0, 0.1) is 17.3 Å². The van der Waals surface area contributed by atoms with E-state index in [1.165, 1.54) is 6.92 Å². The third kappa shape index (κ3) is 4.61. The number of nitrogens with zero attached hydrogens (tertiary/aromatic N) is 1. The molecule has 0 spiro atoms. The van der Waals surface area contributed by atoms with Crippen molar-refractivity contribution in [3.05, 3.63) is 58.2 Å². The fraction of sp³-hybridized carbons (Fsp3) is 0.656. The van der Waals surface area contributed by atoms with E-state index >= 15 is 8.78 Å². The molecule has 9 heteroatoms. The molecule has 0 aromatic heterocycles. The van der Waals surface area contributed by atoms with E-state index in [2.05, 4.69) is 10.2 Å². The summed E-state index contributed by atoms with van der Waals surface area (Å²) in [4.78, 5) is 14.6. The molecule has 4 nitrogen and oxygen atoms in total. The van der Waals surface area contributed by atoms with Crippen LogP contribution < -0.4 is 5.32 Å². The van der Waals surface area contributed by atoms with Crippen molar-refractivity contribution in [2.75, 3.05) is 26.2 Å². The van der Waals surface area contributed by atoms with E-state index in [1.807, 2.05) is 24.3 Å². The maximum Gasteiger partial charge on any atom is 0.456 e. The van der Waals surface area contributed by atoms with Gasteiger partial charge in [0.25, 0.3) is 0 Å². The van der Waals surface area contributed by atoms with Crippen LogP contribution in [0.2, 0.25) is 0 Å². The average Bonchev–Trinajstić information content (AvgIpc) is 3.06. The van der Waals surface area contributed by atoms with Gasteiger partial charge in [0.2, 0.25) is 0 Å². The largest absolute Gasteiger partial charge is 0.456 e. The number of rotatable bonds is 4. The summed E-state index contributed by atoms with van der Waals surface area (Å²) >= 11 is 0. The van der Waals surface area contributed by atoms with E-state index in [1.54, 1.807) is 6.08 Å². The average molecular weight is 579 g/mol. The van der Waals surface area contributed by atoms with Gasteiger partial charge in [0, 0.05) is 37.4 Å². The van der Waals surface area contributed by atoms with E-state index in [0.717, 1.165) is 67.0 Å². The van der Waals surface area contributed by atoms with Crippen LogP contribution in [0.3, 0.4) is 0 Å². The summed E-state index contributed by atoms with van der Waals surface area (Å²) < 4.78 is 71.6. The Morgan fingerprint density at radius 3 is 2.51 bits per heavy atom. The third-order valence-corrected chi connectivity index (χ3v) is 11.0. The molecule has 3 unspecified atom stereocenters. The maximum absolute atomic E-state index is 15.2. The summed E-state index contributed by atoms with van der Waals surface area (Å²) in [7, 11) is 0. The van der Waals surface area contributed by atoms with Crippen LogP contribution in [-0.2, 0) is 11.3 Å². The highest BCUT2D eigenvalue weighted by atomic mass is 19.4. The summed E-state index contributed by atoms with van der Waals surface area (Å²) in [6.07, 6.45) is -1.39. The number of alkyl halides is 5. The number of carbonyl (C=O) groups excluding carboxylic acids is 1. The molecule has 2 saturated carbocycles. The van der Waals surface area contributed by atoms with Crippen molar-refractivity contribution in [3.8, 4) is 0 Å². The number of hydrogen-bond donors (Lipinski definition) is 2. The van der Waals surface area contributed by atoms with Crippen LogP contribution in [0.5, 0.6) is 0 Å². The Morgan fingerprint density at radius 2 is 1.78 bits per heavy atom. The standard InChI is InChI=1S/C32H39F5N2O2/c1-29-18-26(21-5-3-20(4-6-21)19-39-15-2-13-38-14-16-39)28-24-10-8-23(40)17-22(24)7-9-25(28)27(29)11-12-30(29,41)31(33,34)32(35,36)37/h3-6,17,25-27,38,41H,2,7-16,18-19H2,1H3/t25?,26-,27?,29?,30+/m1/s1. The van der Waals surface area contributed by atoms with Gasteiger partial charge in [-0.3, -0.25) is 9.69 Å². The van der Waals surface area contributed by atoms with Gasteiger partial charge in [-0.1, -0.05) is 36.8 Å². The molecule has 6 rings (SSSR count). The third-order valence-electron chi connectivity index (χ3n) is 11.0. The molecule has 0 bridgehead atoms. The number of hydrogen-bond acceptors (Lipinski definition) is 4. The molecule has 1 heterocycles. The lowest BCUT2D eigenvalue weighted by Gasteiger charge is -2.56. The lowest BCUT2D eigenvalue weighted by atomic mass is 9.50. The Hall–Kier alpha value is -2.10. The molecule has 5 atom stereocenters. The van der Waals surface area contributed by atoms with Gasteiger partial charge in [0.05, 0.1) is 0 Å². The Labute approximate surface area is 238 Å². The summed E-state index contributed by atoms with van der Waals surface area (Å²) in [6, 6.07) is 8.06. The fourth-order valence-corrected chi connectivity index (χ4v) is 8.89. The van der Waals surface area contributed by atoms with E-state index in [9.17, 15) is 23.1 Å². The van der Waals surface area contributed by atoms with Crippen LogP contribution in [0.4, 0.5) is 22.0 Å². The van der Waals surface area contributed by atoms with E-state index in [4.69, 9.17) is 0 Å². The van der Waals surface area contributed by atoms with Crippen molar-refractivity contribution in [1.29, 1.82) is 0 Å². The summed E-state index contributed by atoms with van der Waals surface area (Å²) in [6.45, 7) is 6.13. The lowest BCUT2D eigenvalue weighted by molar-refractivity contribution is -0.362. The molecule has 1 aromatic carbocycles. The SMILES string of the molecule is CC12C[C@H](c3ccc(CN4CCCNCC4)cc3)C3=C4CCC(=O)C=C4CCC3C1CC[C@@]2(O)C(F)(F)C(F)(F)F. The number of ketones is 1. The highest BCUT2D eigenvalue weighted by Crippen LogP contribution is 2.70. The molecule has 224 valence electrons. The zero-order valence-electron chi connectivity index (χ0n) is 23.5. The summed E-state index contributed by atoms with van der Waals surface area (Å²) in [5.74, 6) is -6.25.